The minimum atomic E-state index is -4.03. The van der Waals surface area contributed by atoms with E-state index in [2.05, 4.69) is 6.07 Å². The number of carbonyl (C=O) groups excluding carboxylic acids is 1. The van der Waals surface area contributed by atoms with Gasteiger partial charge in [0, 0.05) is 31.1 Å². The first-order chi connectivity index (χ1) is 18.5. The van der Waals surface area contributed by atoms with E-state index in [1.54, 1.807) is 44.3 Å². The second-order valence-electron chi connectivity index (χ2n) is 9.79. The van der Waals surface area contributed by atoms with E-state index >= 15 is 0 Å². The Balaban J connectivity index is 1.75. The number of rotatable bonds is 6. The number of amides is 1. The maximum absolute atomic E-state index is 13.7. The van der Waals surface area contributed by atoms with E-state index in [4.69, 9.17) is 4.74 Å². The summed E-state index contributed by atoms with van der Waals surface area (Å²) in [6, 6.07) is 18.4. The van der Waals surface area contributed by atoms with Crippen molar-refractivity contribution in [3.63, 3.8) is 0 Å². The lowest BCUT2D eigenvalue weighted by Crippen LogP contribution is -2.50. The molecule has 3 aromatic carbocycles. The summed E-state index contributed by atoms with van der Waals surface area (Å²) < 4.78 is 48.4. The minimum absolute atomic E-state index is 0.0487. The topological polar surface area (TPSA) is 111 Å². The van der Waals surface area contributed by atoms with Gasteiger partial charge in [0.2, 0.25) is 10.0 Å². The molecule has 1 aliphatic heterocycles. The summed E-state index contributed by atoms with van der Waals surface area (Å²) in [6.45, 7) is 3.30. The molecule has 0 spiro atoms. The predicted molar refractivity (Wildman–Crippen MR) is 144 cm³/mol. The zero-order chi connectivity index (χ0) is 28.3. The molecule has 3 atom stereocenters. The van der Waals surface area contributed by atoms with Crippen LogP contribution in [0.3, 0.4) is 0 Å². The Kier molecular flexibility index (Phi) is 8.35. The Bertz CT molecular complexity index is 1500. The largest absolute Gasteiger partial charge is 0.487 e. The zero-order valence-electron chi connectivity index (χ0n) is 21.9. The van der Waals surface area contributed by atoms with E-state index in [1.165, 1.54) is 39.5 Å². The minimum Gasteiger partial charge on any atom is -0.487 e. The van der Waals surface area contributed by atoms with Gasteiger partial charge in [-0.05, 0) is 66.6 Å². The van der Waals surface area contributed by atoms with Gasteiger partial charge in [0.25, 0.3) is 5.91 Å². The third-order valence-electron chi connectivity index (χ3n) is 6.88. The molecule has 0 saturated carbocycles. The van der Waals surface area contributed by atoms with Gasteiger partial charge >= 0.3 is 0 Å². The van der Waals surface area contributed by atoms with E-state index < -0.39 is 28.0 Å². The Morgan fingerprint density at radius 3 is 2.54 bits per heavy atom. The number of aliphatic hydroxyl groups excluding tert-OH is 1. The monoisotopic (exact) mass is 551 g/mol. The molecular weight excluding hydrogens is 521 g/mol. The summed E-state index contributed by atoms with van der Waals surface area (Å²) in [5, 5.41) is 19.1. The smallest absolute Gasteiger partial charge is 0.253 e. The molecule has 3 aromatic rings. The summed E-state index contributed by atoms with van der Waals surface area (Å²) in [6.07, 6.45) is -0.609. The normalized spacial score (nSPS) is 19.5. The number of halogens is 1. The number of nitriles is 1. The number of aliphatic hydroxyl groups is 1. The van der Waals surface area contributed by atoms with Crippen molar-refractivity contribution >= 4 is 15.9 Å². The summed E-state index contributed by atoms with van der Waals surface area (Å²) in [5.41, 5.74) is 2.15. The second kappa shape index (κ2) is 11.5. The fraction of sp³-hybridized carbons (Fsp3) is 0.310. The molecule has 0 unspecified atom stereocenters. The van der Waals surface area contributed by atoms with Gasteiger partial charge in [-0.2, -0.15) is 9.57 Å². The number of ether oxygens (including phenoxy) is 1. The van der Waals surface area contributed by atoms with Gasteiger partial charge in [-0.15, -0.1) is 0 Å². The van der Waals surface area contributed by atoms with E-state index in [0.29, 0.717) is 22.3 Å². The fourth-order valence-electron chi connectivity index (χ4n) is 4.56. The van der Waals surface area contributed by atoms with Gasteiger partial charge in [0.05, 0.1) is 24.8 Å². The Morgan fingerprint density at radius 1 is 1.18 bits per heavy atom. The van der Waals surface area contributed by atoms with Crippen molar-refractivity contribution in [3.8, 4) is 22.9 Å². The maximum Gasteiger partial charge on any atom is 0.253 e. The maximum atomic E-state index is 13.7. The van der Waals surface area contributed by atoms with Crippen LogP contribution >= 0.6 is 0 Å². The molecule has 0 aromatic heterocycles. The van der Waals surface area contributed by atoms with Gasteiger partial charge in [-0.25, -0.2) is 12.8 Å². The standard InChI is InChI=1S/C29H30FN3O5S/c1-19-16-33(20(2)18-34)39(36,37)28-12-9-24(23-6-4-5-21(13-23)15-31)14-26(28)38-27(19)17-32(3)29(35)22-7-10-25(30)11-8-22/h4-14,19-20,27,34H,16-18H2,1-3H3/t19-,20-,27-/m1/s1. The first-order valence-electron chi connectivity index (χ1n) is 12.5. The van der Waals surface area contributed by atoms with Crippen molar-refractivity contribution < 1.29 is 27.4 Å². The van der Waals surface area contributed by atoms with Crippen molar-refractivity contribution in [2.45, 2.75) is 30.9 Å². The van der Waals surface area contributed by atoms with E-state index in [-0.39, 0.29) is 42.2 Å². The molecule has 8 nitrogen and oxygen atoms in total. The van der Waals surface area contributed by atoms with Crippen molar-refractivity contribution in [1.29, 1.82) is 5.26 Å². The second-order valence-corrected chi connectivity index (χ2v) is 11.6. The van der Waals surface area contributed by atoms with Crippen LogP contribution in [0.25, 0.3) is 11.1 Å². The first-order valence-corrected chi connectivity index (χ1v) is 13.9. The zero-order valence-corrected chi connectivity index (χ0v) is 22.7. The lowest BCUT2D eigenvalue weighted by Gasteiger charge is -2.37. The molecule has 0 saturated heterocycles. The lowest BCUT2D eigenvalue weighted by molar-refractivity contribution is 0.0564. The van der Waals surface area contributed by atoms with Gasteiger partial charge in [0.1, 0.15) is 22.6 Å². The van der Waals surface area contributed by atoms with Crippen LogP contribution in [0.1, 0.15) is 29.8 Å². The van der Waals surface area contributed by atoms with Crippen LogP contribution in [0.15, 0.2) is 71.6 Å². The highest BCUT2D eigenvalue weighted by molar-refractivity contribution is 7.89. The number of nitrogens with zero attached hydrogens (tertiary/aromatic N) is 3. The number of benzene rings is 3. The number of hydrogen-bond donors (Lipinski definition) is 1. The first kappa shape index (κ1) is 28.2. The van der Waals surface area contributed by atoms with Crippen LogP contribution in [-0.2, 0) is 10.0 Å². The molecule has 0 fully saturated rings. The predicted octanol–water partition coefficient (Wildman–Crippen LogP) is 3.91. The van der Waals surface area contributed by atoms with Gasteiger partial charge in [0.15, 0.2) is 0 Å². The van der Waals surface area contributed by atoms with Crippen LogP contribution in [0.4, 0.5) is 4.39 Å². The van der Waals surface area contributed by atoms with Crippen molar-refractivity contribution in [2.24, 2.45) is 5.92 Å². The molecule has 0 radical (unpaired) electrons. The number of carbonyl (C=O) groups is 1. The molecule has 4 rings (SSSR count). The molecule has 10 heteroatoms. The molecule has 1 heterocycles. The van der Waals surface area contributed by atoms with Crippen LogP contribution in [-0.4, -0.2) is 67.5 Å². The van der Waals surface area contributed by atoms with Crippen molar-refractivity contribution in [1.82, 2.24) is 9.21 Å². The Hall–Kier alpha value is -3.78. The molecule has 204 valence electrons. The molecule has 1 aliphatic rings. The van der Waals surface area contributed by atoms with Crippen molar-refractivity contribution in [3.05, 3.63) is 83.7 Å². The fourth-order valence-corrected chi connectivity index (χ4v) is 6.38. The number of hydrogen-bond acceptors (Lipinski definition) is 6. The van der Waals surface area contributed by atoms with Gasteiger partial charge in [-0.3, -0.25) is 4.79 Å². The van der Waals surface area contributed by atoms with E-state index in [1.807, 2.05) is 13.0 Å². The van der Waals surface area contributed by atoms with Crippen LogP contribution in [0, 0.1) is 23.1 Å². The number of fused-ring (bicyclic) bond motifs is 1. The summed E-state index contributed by atoms with van der Waals surface area (Å²) in [4.78, 5) is 14.5. The number of likely N-dealkylation sites (N-methyl/N-ethyl adjacent to an activating group) is 1. The Labute approximate surface area is 227 Å². The highest BCUT2D eigenvalue weighted by Crippen LogP contribution is 2.36. The average molecular weight is 552 g/mol. The van der Waals surface area contributed by atoms with Crippen LogP contribution < -0.4 is 4.74 Å². The quantitative estimate of drug-likeness (QED) is 0.498. The van der Waals surface area contributed by atoms with Crippen LogP contribution in [0.2, 0.25) is 0 Å². The molecule has 0 aliphatic carbocycles. The third-order valence-corrected chi connectivity index (χ3v) is 8.90. The van der Waals surface area contributed by atoms with Gasteiger partial charge in [-0.1, -0.05) is 25.1 Å². The van der Waals surface area contributed by atoms with Gasteiger partial charge < -0.3 is 14.7 Å². The molecule has 0 bridgehead atoms. The number of sulfonamides is 1. The molecule has 1 amide bonds. The summed E-state index contributed by atoms with van der Waals surface area (Å²) >= 11 is 0. The summed E-state index contributed by atoms with van der Waals surface area (Å²) in [7, 11) is -2.43. The molecule has 1 N–H and O–H groups in total. The van der Waals surface area contributed by atoms with Crippen LogP contribution in [0.5, 0.6) is 5.75 Å². The highest BCUT2D eigenvalue weighted by atomic mass is 32.2. The molecule has 39 heavy (non-hydrogen) atoms. The SMILES string of the molecule is C[C@@H]1CN([C@H](C)CO)S(=O)(=O)c2ccc(-c3cccc(C#N)c3)cc2O[C@@H]1CN(C)C(=O)c1ccc(F)cc1. The lowest BCUT2D eigenvalue weighted by atomic mass is 10.0. The average Bonchev–Trinajstić information content (AvgIpc) is 2.94. The summed E-state index contributed by atoms with van der Waals surface area (Å²) in [5.74, 6) is -1.03. The Morgan fingerprint density at radius 2 is 1.87 bits per heavy atom. The van der Waals surface area contributed by atoms with Crippen molar-refractivity contribution in [2.75, 3.05) is 26.7 Å². The molecular formula is C29H30FN3O5S. The highest BCUT2D eigenvalue weighted by Gasteiger charge is 2.38. The van der Waals surface area contributed by atoms with E-state index in [9.17, 15) is 28.0 Å². The third kappa shape index (κ3) is 5.96. The van der Waals surface area contributed by atoms with E-state index in [0.717, 1.165) is 0 Å².